The van der Waals surface area contributed by atoms with Crippen LogP contribution in [0.4, 0.5) is 0 Å². The van der Waals surface area contributed by atoms with Gasteiger partial charge in [0.05, 0.1) is 0 Å². The summed E-state index contributed by atoms with van der Waals surface area (Å²) in [5, 5.41) is 3.79. The predicted octanol–water partition coefficient (Wildman–Crippen LogP) is 3.67. The van der Waals surface area contributed by atoms with E-state index in [1.54, 1.807) is 0 Å². The zero-order valence-electron chi connectivity index (χ0n) is 13.3. The summed E-state index contributed by atoms with van der Waals surface area (Å²) in [6, 6.07) is 1.51. The van der Waals surface area contributed by atoms with Gasteiger partial charge in [-0.15, -0.1) is 0 Å². The van der Waals surface area contributed by atoms with Crippen LogP contribution >= 0.6 is 0 Å². The Labute approximate surface area is 120 Å². The molecule has 0 radical (unpaired) electrons. The summed E-state index contributed by atoms with van der Waals surface area (Å²) in [6.07, 6.45) is 10.1. The highest BCUT2D eigenvalue weighted by Gasteiger charge is 2.30. The summed E-state index contributed by atoms with van der Waals surface area (Å²) in [7, 11) is 0. The maximum Gasteiger partial charge on any atom is 0.0223 e. The first kappa shape index (κ1) is 15.3. The van der Waals surface area contributed by atoms with Gasteiger partial charge in [0.2, 0.25) is 0 Å². The second-order valence-corrected chi connectivity index (χ2v) is 6.92. The van der Waals surface area contributed by atoms with Crippen LogP contribution in [-0.2, 0) is 0 Å². The van der Waals surface area contributed by atoms with Crippen molar-refractivity contribution >= 4 is 0 Å². The van der Waals surface area contributed by atoms with Gasteiger partial charge in [-0.2, -0.15) is 0 Å². The fraction of sp³-hybridized carbons (Fsp3) is 1.00. The molecule has 2 fully saturated rings. The van der Waals surface area contributed by atoms with Crippen LogP contribution in [0.2, 0.25) is 0 Å². The van der Waals surface area contributed by atoms with E-state index in [1.165, 1.54) is 58.0 Å². The number of hydrogen-bond acceptors (Lipinski definition) is 2. The molecule has 1 saturated carbocycles. The Kier molecular flexibility index (Phi) is 6.15. The van der Waals surface area contributed by atoms with Crippen LogP contribution in [0.5, 0.6) is 0 Å². The van der Waals surface area contributed by atoms with Crippen molar-refractivity contribution < 1.29 is 0 Å². The second-order valence-electron chi connectivity index (χ2n) is 6.92. The molecule has 2 rings (SSSR count). The Bertz CT molecular complexity index is 248. The Balaban J connectivity index is 1.91. The van der Waals surface area contributed by atoms with Crippen molar-refractivity contribution in [2.45, 2.75) is 77.8 Å². The van der Waals surface area contributed by atoms with Crippen LogP contribution in [-0.4, -0.2) is 36.6 Å². The molecule has 1 N–H and O–H groups in total. The molecule has 1 aliphatic heterocycles. The van der Waals surface area contributed by atoms with Crippen molar-refractivity contribution in [2.24, 2.45) is 11.8 Å². The van der Waals surface area contributed by atoms with Gasteiger partial charge in [-0.25, -0.2) is 0 Å². The number of nitrogens with zero attached hydrogens (tertiary/aromatic N) is 1. The van der Waals surface area contributed by atoms with E-state index in [4.69, 9.17) is 0 Å². The smallest absolute Gasteiger partial charge is 0.0223 e. The molecule has 19 heavy (non-hydrogen) atoms. The van der Waals surface area contributed by atoms with Crippen LogP contribution in [0.1, 0.15) is 65.7 Å². The quantitative estimate of drug-likeness (QED) is 0.817. The number of hydrogen-bond donors (Lipinski definition) is 1. The monoisotopic (exact) mass is 266 g/mol. The predicted molar refractivity (Wildman–Crippen MR) is 83.5 cm³/mol. The lowest BCUT2D eigenvalue weighted by Crippen LogP contribution is -2.51. The Morgan fingerprint density at radius 2 is 1.79 bits per heavy atom. The molecule has 2 aliphatic rings. The van der Waals surface area contributed by atoms with E-state index in [2.05, 4.69) is 31.0 Å². The lowest BCUT2D eigenvalue weighted by atomic mass is 9.82. The van der Waals surface area contributed by atoms with Crippen molar-refractivity contribution in [2.75, 3.05) is 19.6 Å². The molecule has 3 atom stereocenters. The van der Waals surface area contributed by atoms with Crippen molar-refractivity contribution in [1.82, 2.24) is 10.2 Å². The molecule has 0 bridgehead atoms. The zero-order chi connectivity index (χ0) is 13.7. The summed E-state index contributed by atoms with van der Waals surface area (Å²) in [5.41, 5.74) is 0. The molecule has 2 nitrogen and oxygen atoms in total. The van der Waals surface area contributed by atoms with Crippen LogP contribution in [0.15, 0.2) is 0 Å². The van der Waals surface area contributed by atoms with Gasteiger partial charge in [0.1, 0.15) is 0 Å². The first-order chi connectivity index (χ1) is 9.22. The molecule has 1 saturated heterocycles. The SMILES string of the molecule is CCNC(CN1CCCC(C)C1C)C1CCCCC1. The Hall–Kier alpha value is -0.0800. The molecule has 0 aromatic rings. The highest BCUT2D eigenvalue weighted by Crippen LogP contribution is 2.29. The maximum atomic E-state index is 3.79. The molecule has 3 unspecified atom stereocenters. The molecule has 0 aromatic carbocycles. The van der Waals surface area contributed by atoms with E-state index in [1.807, 2.05) is 0 Å². The zero-order valence-corrected chi connectivity index (χ0v) is 13.3. The van der Waals surface area contributed by atoms with Gasteiger partial charge >= 0.3 is 0 Å². The molecule has 2 heteroatoms. The van der Waals surface area contributed by atoms with Crippen LogP contribution < -0.4 is 5.32 Å². The lowest BCUT2D eigenvalue weighted by molar-refractivity contribution is 0.0864. The number of rotatable bonds is 5. The van der Waals surface area contributed by atoms with Crippen molar-refractivity contribution in [3.05, 3.63) is 0 Å². The largest absolute Gasteiger partial charge is 0.313 e. The molecule has 0 spiro atoms. The minimum atomic E-state index is 0.734. The molecule has 0 amide bonds. The normalized spacial score (nSPS) is 32.4. The van der Waals surface area contributed by atoms with Crippen LogP contribution in [0.25, 0.3) is 0 Å². The fourth-order valence-corrected chi connectivity index (χ4v) is 4.11. The minimum absolute atomic E-state index is 0.734. The maximum absolute atomic E-state index is 3.79. The van der Waals surface area contributed by atoms with E-state index in [-0.39, 0.29) is 0 Å². The molecule has 0 aromatic heterocycles. The lowest BCUT2D eigenvalue weighted by Gasteiger charge is -2.42. The number of nitrogens with one attached hydrogen (secondary N) is 1. The topological polar surface area (TPSA) is 15.3 Å². The van der Waals surface area contributed by atoms with E-state index in [0.717, 1.165) is 30.5 Å². The average molecular weight is 266 g/mol. The van der Waals surface area contributed by atoms with Gasteiger partial charge in [-0.05, 0) is 57.5 Å². The van der Waals surface area contributed by atoms with Crippen LogP contribution in [0.3, 0.4) is 0 Å². The van der Waals surface area contributed by atoms with E-state index >= 15 is 0 Å². The fourth-order valence-electron chi connectivity index (χ4n) is 4.11. The Morgan fingerprint density at radius 1 is 1.05 bits per heavy atom. The summed E-state index contributed by atoms with van der Waals surface area (Å²) >= 11 is 0. The van der Waals surface area contributed by atoms with Gasteiger partial charge in [0.25, 0.3) is 0 Å². The summed E-state index contributed by atoms with van der Waals surface area (Å²) in [6.45, 7) is 10.9. The molecular weight excluding hydrogens is 232 g/mol. The minimum Gasteiger partial charge on any atom is -0.313 e. The third-order valence-electron chi connectivity index (χ3n) is 5.62. The van der Waals surface area contributed by atoms with Gasteiger partial charge in [-0.3, -0.25) is 4.90 Å². The molecule has 112 valence electrons. The van der Waals surface area contributed by atoms with E-state index in [0.29, 0.717) is 0 Å². The van der Waals surface area contributed by atoms with Gasteiger partial charge in [0.15, 0.2) is 0 Å². The van der Waals surface area contributed by atoms with Crippen molar-refractivity contribution in [3.63, 3.8) is 0 Å². The van der Waals surface area contributed by atoms with Crippen LogP contribution in [0, 0.1) is 11.8 Å². The average Bonchev–Trinajstić information content (AvgIpc) is 2.44. The van der Waals surface area contributed by atoms with E-state index in [9.17, 15) is 0 Å². The van der Waals surface area contributed by atoms with Crippen molar-refractivity contribution in [1.29, 1.82) is 0 Å². The summed E-state index contributed by atoms with van der Waals surface area (Å²) < 4.78 is 0. The third-order valence-corrected chi connectivity index (χ3v) is 5.62. The summed E-state index contributed by atoms with van der Waals surface area (Å²) in [4.78, 5) is 2.76. The molecule has 1 aliphatic carbocycles. The number of likely N-dealkylation sites (tertiary alicyclic amines) is 1. The number of likely N-dealkylation sites (N-methyl/N-ethyl adjacent to an activating group) is 1. The molecule has 1 heterocycles. The second kappa shape index (κ2) is 7.64. The highest BCUT2D eigenvalue weighted by atomic mass is 15.2. The van der Waals surface area contributed by atoms with Gasteiger partial charge < -0.3 is 5.32 Å². The first-order valence-electron chi connectivity index (χ1n) is 8.69. The van der Waals surface area contributed by atoms with Gasteiger partial charge in [0, 0.05) is 18.6 Å². The standard InChI is InChI=1S/C17H34N2/c1-4-18-17(16-10-6-5-7-11-16)13-19-12-8-9-14(2)15(19)3/h14-18H,4-13H2,1-3H3. The van der Waals surface area contributed by atoms with Crippen molar-refractivity contribution in [3.8, 4) is 0 Å². The number of piperidine rings is 1. The van der Waals surface area contributed by atoms with E-state index < -0.39 is 0 Å². The highest BCUT2D eigenvalue weighted by molar-refractivity contribution is 4.86. The molecular formula is C17H34N2. The van der Waals surface area contributed by atoms with Gasteiger partial charge in [-0.1, -0.05) is 33.1 Å². The summed E-state index contributed by atoms with van der Waals surface area (Å²) in [5.74, 6) is 1.81. The first-order valence-corrected chi connectivity index (χ1v) is 8.69. The Morgan fingerprint density at radius 3 is 2.47 bits per heavy atom. The third kappa shape index (κ3) is 4.19.